The summed E-state index contributed by atoms with van der Waals surface area (Å²) >= 11 is 0. The molecule has 2 rings (SSSR count). The number of rotatable bonds is 10. The van der Waals surface area contributed by atoms with Crippen molar-refractivity contribution in [3.8, 4) is 16.9 Å². The minimum absolute atomic E-state index is 0.0132. The molecule has 7 nitrogen and oxygen atoms in total. The van der Waals surface area contributed by atoms with E-state index in [1.165, 1.54) is 7.11 Å². The molecule has 0 saturated carbocycles. The van der Waals surface area contributed by atoms with Gasteiger partial charge in [-0.15, -0.1) is 0 Å². The molecule has 0 unspecified atom stereocenters. The number of hydrogen-bond acceptors (Lipinski definition) is 5. The van der Waals surface area contributed by atoms with Gasteiger partial charge in [-0.3, -0.25) is 4.79 Å². The summed E-state index contributed by atoms with van der Waals surface area (Å²) < 4.78 is 33.0. The average molecular weight is 392 g/mol. The quantitative estimate of drug-likeness (QED) is 0.534. The number of methoxy groups -OCH3 is 1. The number of aliphatic carboxylic acids is 1. The molecule has 0 bridgehead atoms. The first-order chi connectivity index (χ1) is 12.9. The molecule has 27 heavy (non-hydrogen) atoms. The van der Waals surface area contributed by atoms with E-state index >= 15 is 0 Å². The summed E-state index contributed by atoms with van der Waals surface area (Å²) in [6.07, 6.45) is 0.857. The summed E-state index contributed by atoms with van der Waals surface area (Å²) in [6, 6.07) is 12.5. The number of unbranched alkanes of at least 4 members (excludes halogenated alkanes) is 1. The number of carbonyl (C=O) groups is 1. The molecule has 0 aliphatic heterocycles. The molecule has 2 aromatic rings. The lowest BCUT2D eigenvalue weighted by Crippen LogP contribution is -2.25. The number of ether oxygens (including phenoxy) is 1. The Kier molecular flexibility index (Phi) is 7.35. The van der Waals surface area contributed by atoms with Gasteiger partial charge in [-0.05, 0) is 41.7 Å². The molecule has 0 aliphatic rings. The average Bonchev–Trinajstić information content (AvgIpc) is 2.67. The second-order valence-corrected chi connectivity index (χ2v) is 7.75. The van der Waals surface area contributed by atoms with Crippen molar-refractivity contribution >= 4 is 16.0 Å². The maximum Gasteiger partial charge on any atom is 0.303 e. The number of carboxylic acid groups (broad SMARTS) is 1. The summed E-state index contributed by atoms with van der Waals surface area (Å²) in [4.78, 5) is 10.6. The van der Waals surface area contributed by atoms with Crippen LogP contribution in [0.3, 0.4) is 0 Å². The Bertz CT molecular complexity index is 879. The molecule has 146 valence electrons. The van der Waals surface area contributed by atoms with Gasteiger partial charge in [-0.1, -0.05) is 30.3 Å². The highest BCUT2D eigenvalue weighted by atomic mass is 32.2. The lowest BCUT2D eigenvalue weighted by molar-refractivity contribution is -0.137. The van der Waals surface area contributed by atoms with Crippen molar-refractivity contribution in [2.75, 3.05) is 13.7 Å². The summed E-state index contributed by atoms with van der Waals surface area (Å²) in [6.45, 7) is 0.600. The molecular formula is C19H24N2O5S. The summed E-state index contributed by atoms with van der Waals surface area (Å²) in [5.41, 5.74) is 8.20. The number of carboxylic acids is 1. The van der Waals surface area contributed by atoms with Crippen LogP contribution in [0.2, 0.25) is 0 Å². The van der Waals surface area contributed by atoms with E-state index in [9.17, 15) is 13.2 Å². The van der Waals surface area contributed by atoms with Gasteiger partial charge in [0, 0.05) is 19.5 Å². The molecular weight excluding hydrogens is 368 g/mol. The maximum atomic E-state index is 12.7. The van der Waals surface area contributed by atoms with Gasteiger partial charge in [0.1, 0.15) is 10.6 Å². The predicted molar refractivity (Wildman–Crippen MR) is 103 cm³/mol. The van der Waals surface area contributed by atoms with Crippen LogP contribution in [-0.2, 0) is 21.4 Å². The van der Waals surface area contributed by atoms with Crippen LogP contribution in [0.15, 0.2) is 47.4 Å². The minimum Gasteiger partial charge on any atom is -0.495 e. The Hall–Kier alpha value is -2.42. The predicted octanol–water partition coefficient (Wildman–Crippen LogP) is 2.35. The highest BCUT2D eigenvalue weighted by Crippen LogP contribution is 2.30. The molecule has 8 heteroatoms. The lowest BCUT2D eigenvalue weighted by Gasteiger charge is -2.13. The van der Waals surface area contributed by atoms with Gasteiger partial charge in [0.2, 0.25) is 10.0 Å². The van der Waals surface area contributed by atoms with E-state index in [1.54, 1.807) is 18.2 Å². The molecule has 0 aromatic heterocycles. The molecule has 0 saturated heterocycles. The molecule has 4 N–H and O–H groups in total. The van der Waals surface area contributed by atoms with Crippen LogP contribution in [-0.4, -0.2) is 33.1 Å². The van der Waals surface area contributed by atoms with E-state index in [0.29, 0.717) is 19.4 Å². The van der Waals surface area contributed by atoms with Crippen LogP contribution in [0.25, 0.3) is 11.1 Å². The SMILES string of the molecule is COc1ccc(-c2ccc(CN)cc2)cc1S(=O)(=O)NCCCCC(=O)O. The first-order valence-electron chi connectivity index (χ1n) is 8.56. The highest BCUT2D eigenvalue weighted by molar-refractivity contribution is 7.89. The second-order valence-electron chi connectivity index (χ2n) is 6.02. The van der Waals surface area contributed by atoms with E-state index in [-0.39, 0.29) is 23.6 Å². The third kappa shape index (κ3) is 5.78. The first kappa shape index (κ1) is 20.9. The fourth-order valence-corrected chi connectivity index (χ4v) is 3.85. The third-order valence-electron chi connectivity index (χ3n) is 4.09. The van der Waals surface area contributed by atoms with Gasteiger partial charge in [0.25, 0.3) is 0 Å². The van der Waals surface area contributed by atoms with E-state index in [4.69, 9.17) is 15.6 Å². The van der Waals surface area contributed by atoms with E-state index < -0.39 is 16.0 Å². The monoisotopic (exact) mass is 392 g/mol. The van der Waals surface area contributed by atoms with Crippen LogP contribution in [0.5, 0.6) is 5.75 Å². The smallest absolute Gasteiger partial charge is 0.303 e. The van der Waals surface area contributed by atoms with E-state index in [2.05, 4.69) is 4.72 Å². The zero-order valence-electron chi connectivity index (χ0n) is 15.1. The summed E-state index contributed by atoms with van der Waals surface area (Å²) in [7, 11) is -2.38. The molecule has 0 fully saturated rings. The highest BCUT2D eigenvalue weighted by Gasteiger charge is 2.20. The minimum atomic E-state index is -3.79. The first-order valence-corrected chi connectivity index (χ1v) is 10.0. The molecule has 0 atom stereocenters. The number of nitrogens with two attached hydrogens (primary N) is 1. The third-order valence-corrected chi connectivity index (χ3v) is 5.57. The largest absolute Gasteiger partial charge is 0.495 e. The summed E-state index contributed by atoms with van der Waals surface area (Å²) in [5.74, 6) is -0.650. The van der Waals surface area contributed by atoms with Gasteiger partial charge in [-0.25, -0.2) is 13.1 Å². The Morgan fingerprint density at radius 1 is 1.11 bits per heavy atom. The normalized spacial score (nSPS) is 11.3. The van der Waals surface area contributed by atoms with Gasteiger partial charge in [-0.2, -0.15) is 0 Å². The van der Waals surface area contributed by atoms with Crippen LogP contribution in [0, 0.1) is 0 Å². The van der Waals surface area contributed by atoms with Crippen LogP contribution < -0.4 is 15.2 Å². The van der Waals surface area contributed by atoms with E-state index in [0.717, 1.165) is 16.7 Å². The topological polar surface area (TPSA) is 119 Å². The van der Waals surface area contributed by atoms with Crippen LogP contribution in [0.1, 0.15) is 24.8 Å². The molecule has 2 aromatic carbocycles. The van der Waals surface area contributed by atoms with Crippen LogP contribution >= 0.6 is 0 Å². The molecule has 0 amide bonds. The Balaban J connectivity index is 2.21. The van der Waals surface area contributed by atoms with Crippen molar-refractivity contribution < 1.29 is 23.1 Å². The number of sulfonamides is 1. The van der Waals surface area contributed by atoms with Gasteiger partial charge < -0.3 is 15.6 Å². The Morgan fingerprint density at radius 3 is 2.37 bits per heavy atom. The molecule has 0 aliphatic carbocycles. The van der Waals surface area contributed by atoms with Gasteiger partial charge >= 0.3 is 5.97 Å². The maximum absolute atomic E-state index is 12.7. The van der Waals surface area contributed by atoms with Gasteiger partial charge in [0.05, 0.1) is 7.11 Å². The molecule has 0 heterocycles. The molecule has 0 spiro atoms. The summed E-state index contributed by atoms with van der Waals surface area (Å²) in [5, 5.41) is 8.63. The fraction of sp³-hybridized carbons (Fsp3) is 0.316. The van der Waals surface area contributed by atoms with Crippen molar-refractivity contribution in [2.24, 2.45) is 5.73 Å². The Morgan fingerprint density at radius 2 is 1.78 bits per heavy atom. The van der Waals surface area contributed by atoms with Crippen molar-refractivity contribution in [3.63, 3.8) is 0 Å². The zero-order chi connectivity index (χ0) is 19.9. The number of nitrogens with one attached hydrogen (secondary N) is 1. The van der Waals surface area contributed by atoms with E-state index in [1.807, 2.05) is 24.3 Å². The lowest BCUT2D eigenvalue weighted by atomic mass is 10.0. The fourth-order valence-electron chi connectivity index (χ4n) is 2.59. The van der Waals surface area contributed by atoms with Crippen molar-refractivity contribution in [3.05, 3.63) is 48.0 Å². The molecule has 0 radical (unpaired) electrons. The number of benzene rings is 2. The van der Waals surface area contributed by atoms with Gasteiger partial charge in [0.15, 0.2) is 0 Å². The number of hydrogen-bond donors (Lipinski definition) is 3. The standard InChI is InChI=1S/C19H24N2O5S/c1-26-17-10-9-16(15-7-5-14(13-20)6-8-15)12-18(17)27(24,25)21-11-3-2-4-19(22)23/h5-10,12,21H,2-4,11,13,20H2,1H3,(H,22,23). The van der Waals surface area contributed by atoms with Crippen molar-refractivity contribution in [1.82, 2.24) is 4.72 Å². The zero-order valence-corrected chi connectivity index (χ0v) is 16.0. The second kappa shape index (κ2) is 9.50. The Labute approximate surface area is 159 Å². The van der Waals surface area contributed by atoms with Crippen molar-refractivity contribution in [1.29, 1.82) is 0 Å². The van der Waals surface area contributed by atoms with Crippen molar-refractivity contribution in [2.45, 2.75) is 30.7 Å². The van der Waals surface area contributed by atoms with Crippen LogP contribution in [0.4, 0.5) is 0 Å².